The summed E-state index contributed by atoms with van der Waals surface area (Å²) < 4.78 is 0. The van der Waals surface area contributed by atoms with E-state index in [0.29, 0.717) is 12.1 Å². The number of nitrogens with zero attached hydrogens (tertiary/aromatic N) is 2. The summed E-state index contributed by atoms with van der Waals surface area (Å²) in [4.78, 5) is 15.2. The van der Waals surface area contributed by atoms with Crippen LogP contribution >= 0.6 is 0 Å². The number of carboxylic acids is 1. The first-order valence-corrected chi connectivity index (χ1v) is 5.12. The van der Waals surface area contributed by atoms with Crippen molar-refractivity contribution in [2.45, 2.75) is 38.9 Å². The van der Waals surface area contributed by atoms with E-state index in [4.69, 9.17) is 5.11 Å². The van der Waals surface area contributed by atoms with Crippen LogP contribution in [0.3, 0.4) is 0 Å². The van der Waals surface area contributed by atoms with Gasteiger partial charge in [0.25, 0.3) is 0 Å². The molecule has 3 atom stereocenters. The predicted octanol–water partition coefficient (Wildman–Crippen LogP) is 0.484. The molecule has 1 aliphatic rings. The van der Waals surface area contributed by atoms with Crippen molar-refractivity contribution in [3.8, 4) is 0 Å². The van der Waals surface area contributed by atoms with Gasteiger partial charge in [-0.25, -0.2) is 0 Å². The molecule has 1 fully saturated rings. The highest BCUT2D eigenvalue weighted by atomic mass is 16.4. The summed E-state index contributed by atoms with van der Waals surface area (Å²) >= 11 is 0. The molecule has 0 aromatic carbocycles. The molecular weight excluding hydrogens is 180 g/mol. The van der Waals surface area contributed by atoms with Crippen molar-refractivity contribution in [1.29, 1.82) is 0 Å². The average molecular weight is 200 g/mol. The maximum absolute atomic E-state index is 10.8. The summed E-state index contributed by atoms with van der Waals surface area (Å²) in [5.41, 5.74) is 0. The maximum atomic E-state index is 10.8. The Balaban J connectivity index is 2.62. The minimum absolute atomic E-state index is 0.367. The molecule has 0 spiro atoms. The lowest BCUT2D eigenvalue weighted by atomic mass is 10.1. The highest BCUT2D eigenvalue weighted by Gasteiger charge is 2.31. The molecule has 0 radical (unpaired) electrons. The normalized spacial score (nSPS) is 32.9. The van der Waals surface area contributed by atoms with Gasteiger partial charge < -0.3 is 5.11 Å². The Hall–Kier alpha value is -0.610. The first kappa shape index (κ1) is 11.5. The van der Waals surface area contributed by atoms with Gasteiger partial charge in [-0.2, -0.15) is 0 Å². The summed E-state index contributed by atoms with van der Waals surface area (Å²) in [6.45, 7) is 7.71. The molecule has 1 saturated heterocycles. The van der Waals surface area contributed by atoms with E-state index in [9.17, 15) is 4.79 Å². The lowest BCUT2D eigenvalue weighted by Gasteiger charge is -2.43. The van der Waals surface area contributed by atoms with E-state index in [1.54, 1.807) is 6.92 Å². The molecule has 0 bridgehead atoms. The molecular formula is C10H20N2O2. The van der Waals surface area contributed by atoms with Crippen LogP contribution in [0.2, 0.25) is 0 Å². The van der Waals surface area contributed by atoms with Crippen LogP contribution in [-0.2, 0) is 4.79 Å². The van der Waals surface area contributed by atoms with Crippen molar-refractivity contribution in [3.05, 3.63) is 0 Å². The van der Waals surface area contributed by atoms with Crippen LogP contribution in [-0.4, -0.2) is 59.1 Å². The van der Waals surface area contributed by atoms with E-state index in [2.05, 4.69) is 25.8 Å². The third-order valence-electron chi connectivity index (χ3n) is 3.29. The van der Waals surface area contributed by atoms with E-state index >= 15 is 0 Å². The van der Waals surface area contributed by atoms with E-state index in [1.165, 1.54) is 0 Å². The van der Waals surface area contributed by atoms with Crippen LogP contribution in [0.1, 0.15) is 20.8 Å². The number of hydrogen-bond acceptors (Lipinski definition) is 3. The molecule has 1 N–H and O–H groups in total. The molecule has 0 aliphatic carbocycles. The number of rotatable bonds is 2. The second kappa shape index (κ2) is 4.28. The number of aliphatic carboxylic acids is 1. The smallest absolute Gasteiger partial charge is 0.320 e. The summed E-state index contributed by atoms with van der Waals surface area (Å²) in [5, 5.41) is 8.92. The molecule has 14 heavy (non-hydrogen) atoms. The zero-order valence-electron chi connectivity index (χ0n) is 9.40. The number of carbonyl (C=O) groups is 1. The predicted molar refractivity (Wildman–Crippen MR) is 55.4 cm³/mol. The maximum Gasteiger partial charge on any atom is 0.320 e. The van der Waals surface area contributed by atoms with Gasteiger partial charge in [-0.3, -0.25) is 14.6 Å². The fourth-order valence-corrected chi connectivity index (χ4v) is 1.92. The van der Waals surface area contributed by atoms with Gasteiger partial charge in [0.05, 0.1) is 0 Å². The summed E-state index contributed by atoms with van der Waals surface area (Å²) in [7, 11) is 2.10. The minimum atomic E-state index is -0.728. The van der Waals surface area contributed by atoms with Crippen molar-refractivity contribution >= 4 is 5.97 Å². The van der Waals surface area contributed by atoms with Gasteiger partial charge in [-0.1, -0.05) is 0 Å². The molecule has 1 unspecified atom stereocenters. The van der Waals surface area contributed by atoms with Crippen LogP contribution in [0.15, 0.2) is 0 Å². The summed E-state index contributed by atoms with van der Waals surface area (Å²) in [5.74, 6) is -0.728. The molecule has 1 aliphatic heterocycles. The van der Waals surface area contributed by atoms with Gasteiger partial charge in [-0.05, 0) is 27.8 Å². The lowest BCUT2D eigenvalue weighted by Crippen LogP contribution is -2.58. The topological polar surface area (TPSA) is 43.8 Å². The monoisotopic (exact) mass is 200 g/mol. The largest absolute Gasteiger partial charge is 0.480 e. The van der Waals surface area contributed by atoms with E-state index in [1.807, 2.05) is 4.90 Å². The highest BCUT2D eigenvalue weighted by molar-refractivity contribution is 5.72. The fraction of sp³-hybridized carbons (Fsp3) is 0.900. The molecule has 0 aromatic heterocycles. The van der Waals surface area contributed by atoms with Gasteiger partial charge in [0.2, 0.25) is 0 Å². The molecule has 82 valence electrons. The van der Waals surface area contributed by atoms with Crippen molar-refractivity contribution in [3.63, 3.8) is 0 Å². The van der Waals surface area contributed by atoms with Gasteiger partial charge >= 0.3 is 5.97 Å². The van der Waals surface area contributed by atoms with Crippen LogP contribution in [0, 0.1) is 0 Å². The van der Waals surface area contributed by atoms with Gasteiger partial charge in [-0.15, -0.1) is 0 Å². The van der Waals surface area contributed by atoms with Crippen LogP contribution in [0.25, 0.3) is 0 Å². The van der Waals surface area contributed by atoms with Crippen molar-refractivity contribution < 1.29 is 9.90 Å². The zero-order valence-corrected chi connectivity index (χ0v) is 9.40. The third-order valence-corrected chi connectivity index (χ3v) is 3.29. The van der Waals surface area contributed by atoms with E-state index < -0.39 is 5.97 Å². The van der Waals surface area contributed by atoms with Crippen molar-refractivity contribution in [2.75, 3.05) is 20.1 Å². The Morgan fingerprint density at radius 2 is 1.79 bits per heavy atom. The van der Waals surface area contributed by atoms with Gasteiger partial charge in [0, 0.05) is 25.2 Å². The molecule has 4 heteroatoms. The van der Waals surface area contributed by atoms with Crippen LogP contribution in [0.5, 0.6) is 0 Å². The number of carboxylic acid groups (broad SMARTS) is 1. The summed E-state index contributed by atoms with van der Waals surface area (Å²) in [6.07, 6.45) is 0. The molecule has 0 amide bonds. The lowest BCUT2D eigenvalue weighted by molar-refractivity contribution is -0.144. The Morgan fingerprint density at radius 3 is 2.14 bits per heavy atom. The SMILES string of the molecule is CC(C(=O)O)N1C[C@@H](C)N(C)[C@@H](C)C1. The first-order valence-electron chi connectivity index (χ1n) is 5.12. The van der Waals surface area contributed by atoms with Crippen LogP contribution < -0.4 is 0 Å². The van der Waals surface area contributed by atoms with Crippen molar-refractivity contribution in [2.24, 2.45) is 0 Å². The quantitative estimate of drug-likeness (QED) is 0.704. The van der Waals surface area contributed by atoms with Crippen molar-refractivity contribution in [1.82, 2.24) is 9.80 Å². The standard InChI is InChI=1S/C10H20N2O2/c1-7-5-12(9(3)10(13)14)6-8(2)11(7)4/h7-9H,5-6H2,1-4H3,(H,13,14)/t7-,8+,9?. The average Bonchev–Trinajstić information content (AvgIpc) is 2.12. The number of hydrogen-bond donors (Lipinski definition) is 1. The molecule has 1 heterocycles. The molecule has 1 rings (SSSR count). The Bertz CT molecular complexity index is 208. The second-order valence-corrected chi connectivity index (χ2v) is 4.33. The Morgan fingerprint density at radius 1 is 1.36 bits per heavy atom. The first-order chi connectivity index (χ1) is 6.43. The number of piperazine rings is 1. The molecule has 4 nitrogen and oxygen atoms in total. The highest BCUT2D eigenvalue weighted by Crippen LogP contribution is 2.15. The number of likely N-dealkylation sites (N-methyl/N-ethyl adjacent to an activating group) is 1. The van der Waals surface area contributed by atoms with Crippen LogP contribution in [0.4, 0.5) is 0 Å². The Labute approximate surface area is 85.5 Å². The Kier molecular flexibility index (Phi) is 3.50. The van der Waals surface area contributed by atoms with Gasteiger partial charge in [0.15, 0.2) is 0 Å². The van der Waals surface area contributed by atoms with Gasteiger partial charge in [0.1, 0.15) is 6.04 Å². The van der Waals surface area contributed by atoms with E-state index in [0.717, 1.165) is 13.1 Å². The fourth-order valence-electron chi connectivity index (χ4n) is 1.92. The summed E-state index contributed by atoms with van der Waals surface area (Å²) in [6, 6.07) is 0.495. The van der Waals surface area contributed by atoms with E-state index in [-0.39, 0.29) is 6.04 Å². The third kappa shape index (κ3) is 2.25. The second-order valence-electron chi connectivity index (χ2n) is 4.33. The zero-order chi connectivity index (χ0) is 10.9. The molecule has 0 aromatic rings. The molecule has 0 saturated carbocycles. The minimum Gasteiger partial charge on any atom is -0.480 e.